The van der Waals surface area contributed by atoms with Gasteiger partial charge >= 0.3 is 0 Å². The van der Waals surface area contributed by atoms with E-state index in [1.807, 2.05) is 24.0 Å². The Balaban J connectivity index is 1.42. The molecule has 0 spiro atoms. The van der Waals surface area contributed by atoms with Gasteiger partial charge in [-0.05, 0) is 54.2 Å². The molecular formula is C27H29F2N5O2. The number of benzene rings is 2. The number of hydrogen-bond acceptors (Lipinski definition) is 6. The molecule has 4 rings (SSSR count). The Kier molecular flexibility index (Phi) is 7.87. The van der Waals surface area contributed by atoms with Crippen LogP contribution < -0.4 is 10.6 Å². The number of halogens is 2. The first-order chi connectivity index (χ1) is 17.3. The van der Waals surface area contributed by atoms with Gasteiger partial charge in [-0.15, -0.1) is 10.2 Å². The molecule has 2 heterocycles. The fraction of sp³-hybridized carbons (Fsp3) is 0.333. The van der Waals surface area contributed by atoms with Crippen LogP contribution in [-0.4, -0.2) is 39.9 Å². The van der Waals surface area contributed by atoms with E-state index in [0.717, 1.165) is 37.7 Å². The minimum atomic E-state index is -0.669. The Labute approximate surface area is 208 Å². The van der Waals surface area contributed by atoms with Crippen LogP contribution in [0.1, 0.15) is 60.6 Å². The summed E-state index contributed by atoms with van der Waals surface area (Å²) in [6.45, 7) is 4.95. The van der Waals surface area contributed by atoms with E-state index in [-0.39, 0.29) is 23.9 Å². The van der Waals surface area contributed by atoms with E-state index in [4.69, 9.17) is 0 Å². The first kappa shape index (κ1) is 25.2. The first-order valence-corrected chi connectivity index (χ1v) is 12.0. The topological polar surface area (TPSA) is 87.2 Å². The Bertz CT molecular complexity index is 1220. The summed E-state index contributed by atoms with van der Waals surface area (Å²) >= 11 is 0. The Morgan fingerprint density at radius 1 is 1.00 bits per heavy atom. The van der Waals surface area contributed by atoms with Crippen LogP contribution in [0.5, 0.6) is 0 Å². The van der Waals surface area contributed by atoms with E-state index < -0.39 is 11.6 Å². The van der Waals surface area contributed by atoms with Crippen LogP contribution in [0.2, 0.25) is 0 Å². The molecule has 0 atom stereocenters. The number of ketones is 1. The smallest absolute Gasteiger partial charge is 0.222 e. The lowest BCUT2D eigenvalue weighted by Crippen LogP contribution is -2.37. The van der Waals surface area contributed by atoms with Crippen molar-refractivity contribution >= 4 is 28.9 Å². The molecule has 1 aliphatic heterocycles. The van der Waals surface area contributed by atoms with E-state index in [2.05, 4.69) is 33.0 Å². The summed E-state index contributed by atoms with van der Waals surface area (Å²) < 4.78 is 27.0. The van der Waals surface area contributed by atoms with Crippen LogP contribution in [0.15, 0.2) is 48.5 Å². The summed E-state index contributed by atoms with van der Waals surface area (Å²) in [5, 5.41) is 14.4. The van der Waals surface area contributed by atoms with Gasteiger partial charge < -0.3 is 15.5 Å². The highest BCUT2D eigenvalue weighted by atomic mass is 19.1. The monoisotopic (exact) mass is 493 g/mol. The molecule has 0 radical (unpaired) electrons. The van der Waals surface area contributed by atoms with E-state index in [0.29, 0.717) is 29.4 Å². The molecule has 0 unspecified atom stereocenters. The molecule has 2 N–H and O–H groups in total. The third kappa shape index (κ3) is 6.21. The van der Waals surface area contributed by atoms with Gasteiger partial charge in [0.2, 0.25) is 5.91 Å². The van der Waals surface area contributed by atoms with Crippen molar-refractivity contribution in [3.05, 3.63) is 77.0 Å². The van der Waals surface area contributed by atoms with Crippen LogP contribution >= 0.6 is 0 Å². The number of hydrogen-bond donors (Lipinski definition) is 2. The molecule has 1 aromatic heterocycles. The van der Waals surface area contributed by atoms with Gasteiger partial charge in [-0.2, -0.15) is 0 Å². The minimum absolute atomic E-state index is 0.109. The number of carbonyl (C=O) groups excluding carboxylic acids is 2. The number of carbonyl (C=O) groups is 2. The summed E-state index contributed by atoms with van der Waals surface area (Å²) in [4.78, 5) is 25.9. The summed E-state index contributed by atoms with van der Waals surface area (Å²) in [6, 6.07) is 13.0. The van der Waals surface area contributed by atoms with E-state index >= 15 is 0 Å². The maximum Gasteiger partial charge on any atom is 0.222 e. The van der Waals surface area contributed by atoms with Crippen molar-refractivity contribution in [1.29, 1.82) is 0 Å². The van der Waals surface area contributed by atoms with Crippen molar-refractivity contribution in [2.24, 2.45) is 0 Å². The van der Waals surface area contributed by atoms with Crippen LogP contribution in [0.3, 0.4) is 0 Å². The van der Waals surface area contributed by atoms with Crippen LogP contribution in [0.25, 0.3) is 0 Å². The van der Waals surface area contributed by atoms with Crippen molar-refractivity contribution < 1.29 is 18.4 Å². The minimum Gasteiger partial charge on any atom is -0.379 e. The normalized spacial score (nSPS) is 13.9. The molecule has 1 fully saturated rings. The van der Waals surface area contributed by atoms with Gasteiger partial charge in [0.1, 0.15) is 11.6 Å². The van der Waals surface area contributed by atoms with Crippen molar-refractivity contribution in [2.75, 3.05) is 23.7 Å². The fourth-order valence-electron chi connectivity index (χ4n) is 4.43. The largest absolute Gasteiger partial charge is 0.379 e. The number of likely N-dealkylation sites (tertiary alicyclic amines) is 1. The molecule has 0 aliphatic carbocycles. The zero-order valence-electron chi connectivity index (χ0n) is 20.4. The molecule has 2 aromatic carbocycles. The third-order valence-electron chi connectivity index (χ3n) is 6.34. The predicted octanol–water partition coefficient (Wildman–Crippen LogP) is 5.43. The maximum absolute atomic E-state index is 13.5. The zero-order chi connectivity index (χ0) is 25.7. The number of amides is 1. The quantitative estimate of drug-likeness (QED) is 0.407. The third-order valence-corrected chi connectivity index (χ3v) is 6.34. The van der Waals surface area contributed by atoms with Gasteiger partial charge in [0.25, 0.3) is 0 Å². The van der Waals surface area contributed by atoms with Crippen molar-refractivity contribution in [3.63, 3.8) is 0 Å². The highest BCUT2D eigenvalue weighted by Gasteiger charge is 2.23. The summed E-state index contributed by atoms with van der Waals surface area (Å²) in [7, 11) is 0. The Hall–Kier alpha value is -3.88. The van der Waals surface area contributed by atoms with Gasteiger partial charge in [0.05, 0.1) is 5.69 Å². The Morgan fingerprint density at radius 3 is 2.28 bits per heavy atom. The second-order valence-electron chi connectivity index (χ2n) is 8.93. The summed E-state index contributed by atoms with van der Waals surface area (Å²) in [5.74, 6) is -0.570. The molecule has 1 aliphatic rings. The number of piperidine rings is 1. The number of rotatable bonds is 8. The predicted molar refractivity (Wildman–Crippen MR) is 134 cm³/mol. The Morgan fingerprint density at radius 2 is 1.67 bits per heavy atom. The van der Waals surface area contributed by atoms with Crippen molar-refractivity contribution in [3.8, 4) is 0 Å². The van der Waals surface area contributed by atoms with E-state index in [1.165, 1.54) is 24.6 Å². The molecule has 7 nitrogen and oxygen atoms in total. The van der Waals surface area contributed by atoms with Crippen LogP contribution in [0, 0.1) is 11.6 Å². The number of nitrogens with zero attached hydrogens (tertiary/aromatic N) is 3. The molecule has 1 saturated heterocycles. The summed E-state index contributed by atoms with van der Waals surface area (Å²) in [5.41, 5.74) is 2.98. The number of anilines is 3. The van der Waals surface area contributed by atoms with Gasteiger partial charge in [0.15, 0.2) is 17.3 Å². The molecule has 0 saturated carbocycles. The maximum atomic E-state index is 13.5. The fourth-order valence-corrected chi connectivity index (χ4v) is 4.43. The first-order valence-electron chi connectivity index (χ1n) is 12.0. The van der Waals surface area contributed by atoms with Crippen molar-refractivity contribution in [1.82, 2.24) is 15.1 Å². The van der Waals surface area contributed by atoms with Gasteiger partial charge in [-0.3, -0.25) is 9.59 Å². The highest BCUT2D eigenvalue weighted by Crippen LogP contribution is 2.30. The van der Waals surface area contributed by atoms with E-state index in [1.54, 1.807) is 6.07 Å². The van der Waals surface area contributed by atoms with Crippen molar-refractivity contribution in [2.45, 2.75) is 45.6 Å². The molecule has 3 aromatic rings. The lowest BCUT2D eigenvalue weighted by Gasteiger charge is -2.32. The SMILES string of the molecule is CCC(=O)N1CCC(c2ccc(Nc3cc(NCc4cc(F)cc(F)c4)c(C(C)=O)nn3)cc2)CC1. The lowest BCUT2D eigenvalue weighted by molar-refractivity contribution is -0.131. The number of Topliss-reactive ketones (excluding diaryl/α,β-unsaturated/α-hetero) is 1. The lowest BCUT2D eigenvalue weighted by atomic mass is 9.89. The molecular weight excluding hydrogens is 464 g/mol. The van der Waals surface area contributed by atoms with Gasteiger partial charge in [-0.1, -0.05) is 19.1 Å². The number of aromatic nitrogens is 2. The van der Waals surface area contributed by atoms with Crippen LogP contribution in [-0.2, 0) is 11.3 Å². The molecule has 188 valence electrons. The highest BCUT2D eigenvalue weighted by molar-refractivity contribution is 5.97. The summed E-state index contributed by atoms with van der Waals surface area (Å²) in [6.07, 6.45) is 2.43. The molecule has 36 heavy (non-hydrogen) atoms. The zero-order valence-corrected chi connectivity index (χ0v) is 20.4. The standard InChI is InChI=1S/C27H29F2N5O2/c1-3-26(36)34-10-8-20(9-11-34)19-4-6-23(7-5-19)31-25-15-24(27(17(2)35)33-32-25)30-16-18-12-21(28)14-22(29)13-18/h4-7,12-15,20H,3,8-11,16H2,1-2H3,(H2,30,31,32). The number of nitrogens with one attached hydrogen (secondary N) is 2. The van der Waals surface area contributed by atoms with Crippen LogP contribution in [0.4, 0.5) is 26.0 Å². The molecule has 0 bridgehead atoms. The second-order valence-corrected chi connectivity index (χ2v) is 8.93. The van der Waals surface area contributed by atoms with Gasteiger partial charge in [-0.25, -0.2) is 8.78 Å². The van der Waals surface area contributed by atoms with Gasteiger partial charge in [0, 0.05) is 50.8 Å². The molecule has 9 heteroatoms. The molecule has 1 amide bonds. The second kappa shape index (κ2) is 11.2. The van der Waals surface area contributed by atoms with E-state index in [9.17, 15) is 18.4 Å². The average molecular weight is 494 g/mol. The average Bonchev–Trinajstić information content (AvgIpc) is 2.87.